The molecule has 4 heteroatoms. The van der Waals surface area contributed by atoms with Gasteiger partial charge in [0.25, 0.3) is 0 Å². The summed E-state index contributed by atoms with van der Waals surface area (Å²) in [6.45, 7) is 0.251. The van der Waals surface area contributed by atoms with Crippen LogP contribution in [0.1, 0.15) is 5.56 Å². The van der Waals surface area contributed by atoms with Crippen molar-refractivity contribution in [1.82, 2.24) is 4.98 Å². The molecule has 0 aromatic carbocycles. The molecule has 0 aliphatic rings. The lowest BCUT2D eigenvalue weighted by atomic mass is 10.2. The van der Waals surface area contributed by atoms with E-state index in [1.165, 1.54) is 12.2 Å². The predicted octanol–water partition coefficient (Wildman–Crippen LogP) is 1.33. The van der Waals surface area contributed by atoms with Crippen molar-refractivity contribution in [3.63, 3.8) is 0 Å². The van der Waals surface area contributed by atoms with Crippen molar-refractivity contribution in [3.05, 3.63) is 35.7 Å². The maximum Gasteiger partial charge on any atom is 0.151 e. The van der Waals surface area contributed by atoms with Crippen molar-refractivity contribution < 1.29 is 8.78 Å². The van der Waals surface area contributed by atoms with Crippen LogP contribution in [0.5, 0.6) is 0 Å². The first-order chi connectivity index (χ1) is 5.75. The molecule has 12 heavy (non-hydrogen) atoms. The summed E-state index contributed by atoms with van der Waals surface area (Å²) in [6, 6.07) is 0. The van der Waals surface area contributed by atoms with E-state index >= 15 is 0 Å². The lowest BCUT2D eigenvalue weighted by Gasteiger charge is -1.96. The van der Waals surface area contributed by atoms with Gasteiger partial charge in [0.2, 0.25) is 0 Å². The highest BCUT2D eigenvalue weighted by Crippen LogP contribution is 2.11. The van der Waals surface area contributed by atoms with Gasteiger partial charge in [0.15, 0.2) is 11.6 Å². The molecule has 0 atom stereocenters. The highest BCUT2D eigenvalue weighted by atomic mass is 19.1. The molecule has 1 aromatic rings. The summed E-state index contributed by atoms with van der Waals surface area (Å²) in [5, 5.41) is 0. The van der Waals surface area contributed by atoms with Crippen LogP contribution >= 0.6 is 0 Å². The molecule has 0 saturated heterocycles. The fourth-order valence-corrected chi connectivity index (χ4v) is 0.766. The fourth-order valence-electron chi connectivity index (χ4n) is 0.766. The van der Waals surface area contributed by atoms with E-state index in [0.717, 1.165) is 12.4 Å². The van der Waals surface area contributed by atoms with Crippen LogP contribution in [0.4, 0.5) is 8.78 Å². The minimum absolute atomic E-state index is 0.101. The van der Waals surface area contributed by atoms with E-state index in [0.29, 0.717) is 0 Å². The Morgan fingerprint density at radius 3 is 2.42 bits per heavy atom. The van der Waals surface area contributed by atoms with Crippen LogP contribution < -0.4 is 5.73 Å². The summed E-state index contributed by atoms with van der Waals surface area (Å²) in [6.07, 6.45) is 4.69. The molecule has 0 fully saturated rings. The van der Waals surface area contributed by atoms with E-state index in [1.54, 1.807) is 0 Å². The van der Waals surface area contributed by atoms with Gasteiger partial charge >= 0.3 is 0 Å². The number of rotatable bonds is 2. The van der Waals surface area contributed by atoms with Crippen LogP contribution in [-0.2, 0) is 0 Å². The standard InChI is InChI=1S/C8H8F2N2/c9-7-4-12-5-8(10)6(7)2-1-3-11/h1-2,4-5H,3,11H2/b2-1+. The van der Waals surface area contributed by atoms with Gasteiger partial charge in [0, 0.05) is 12.1 Å². The Bertz CT molecular complexity index is 277. The first kappa shape index (κ1) is 8.80. The fraction of sp³-hybridized carbons (Fsp3) is 0.125. The van der Waals surface area contributed by atoms with Crippen LogP contribution in [0.2, 0.25) is 0 Å². The Kier molecular flexibility index (Phi) is 2.88. The van der Waals surface area contributed by atoms with Crippen molar-refractivity contribution >= 4 is 6.08 Å². The molecule has 1 rings (SSSR count). The zero-order chi connectivity index (χ0) is 8.97. The summed E-state index contributed by atoms with van der Waals surface area (Å²) >= 11 is 0. The van der Waals surface area contributed by atoms with E-state index in [4.69, 9.17) is 5.73 Å². The molecule has 0 unspecified atom stereocenters. The van der Waals surface area contributed by atoms with Crippen molar-refractivity contribution in [2.45, 2.75) is 0 Å². The summed E-state index contributed by atoms with van der Waals surface area (Å²) in [5.41, 5.74) is 5.03. The predicted molar refractivity (Wildman–Crippen MR) is 42.2 cm³/mol. The SMILES string of the molecule is NC/C=C/c1c(F)cncc1F. The van der Waals surface area contributed by atoms with Crippen molar-refractivity contribution in [2.24, 2.45) is 5.73 Å². The monoisotopic (exact) mass is 170 g/mol. The lowest BCUT2D eigenvalue weighted by molar-refractivity contribution is 0.568. The molecule has 0 bridgehead atoms. The number of hydrogen-bond acceptors (Lipinski definition) is 2. The quantitative estimate of drug-likeness (QED) is 0.727. The number of hydrogen-bond donors (Lipinski definition) is 1. The zero-order valence-corrected chi connectivity index (χ0v) is 6.30. The maximum atomic E-state index is 12.8. The van der Waals surface area contributed by atoms with Crippen LogP contribution in [-0.4, -0.2) is 11.5 Å². The van der Waals surface area contributed by atoms with Gasteiger partial charge < -0.3 is 5.73 Å². The number of nitrogens with two attached hydrogens (primary N) is 1. The average molecular weight is 170 g/mol. The first-order valence-corrected chi connectivity index (χ1v) is 3.41. The molecule has 1 aromatic heterocycles. The summed E-state index contributed by atoms with van der Waals surface area (Å²) in [5.74, 6) is -1.36. The third kappa shape index (κ3) is 1.85. The normalized spacial score (nSPS) is 10.9. The second kappa shape index (κ2) is 3.92. The Hall–Kier alpha value is -1.29. The van der Waals surface area contributed by atoms with Crippen LogP contribution in [0, 0.1) is 11.6 Å². The van der Waals surface area contributed by atoms with Gasteiger partial charge in [-0.05, 0) is 0 Å². The summed E-state index contributed by atoms with van der Waals surface area (Å²) in [7, 11) is 0. The van der Waals surface area contributed by atoms with Gasteiger partial charge in [0.1, 0.15) is 0 Å². The summed E-state index contributed by atoms with van der Waals surface area (Å²) in [4.78, 5) is 3.34. The third-order valence-electron chi connectivity index (χ3n) is 1.31. The van der Waals surface area contributed by atoms with Gasteiger partial charge in [-0.1, -0.05) is 12.2 Å². The largest absolute Gasteiger partial charge is 0.327 e. The van der Waals surface area contributed by atoms with Crippen LogP contribution in [0.3, 0.4) is 0 Å². The molecule has 0 spiro atoms. The molecule has 0 aliphatic heterocycles. The maximum absolute atomic E-state index is 12.8. The van der Waals surface area contributed by atoms with E-state index < -0.39 is 11.6 Å². The topological polar surface area (TPSA) is 38.9 Å². The smallest absolute Gasteiger partial charge is 0.151 e. The minimum Gasteiger partial charge on any atom is -0.327 e. The van der Waals surface area contributed by atoms with E-state index in [9.17, 15) is 8.78 Å². The molecule has 1 heterocycles. The number of aromatic nitrogens is 1. The van der Waals surface area contributed by atoms with Gasteiger partial charge in [-0.15, -0.1) is 0 Å². The molecular weight excluding hydrogens is 162 g/mol. The van der Waals surface area contributed by atoms with E-state index in [1.807, 2.05) is 0 Å². The second-order valence-corrected chi connectivity index (χ2v) is 2.15. The molecule has 0 aliphatic carbocycles. The molecular formula is C8H8F2N2. The minimum atomic E-state index is -0.681. The first-order valence-electron chi connectivity index (χ1n) is 3.41. The molecule has 0 radical (unpaired) electrons. The average Bonchev–Trinajstić information content (AvgIpc) is 2.04. The van der Waals surface area contributed by atoms with Gasteiger partial charge in [-0.2, -0.15) is 0 Å². The van der Waals surface area contributed by atoms with Crippen molar-refractivity contribution in [3.8, 4) is 0 Å². The number of halogens is 2. The molecule has 2 nitrogen and oxygen atoms in total. The van der Waals surface area contributed by atoms with E-state index in [2.05, 4.69) is 4.98 Å². The Morgan fingerprint density at radius 2 is 1.92 bits per heavy atom. The zero-order valence-electron chi connectivity index (χ0n) is 6.30. The van der Waals surface area contributed by atoms with Crippen LogP contribution in [0.15, 0.2) is 18.5 Å². The number of nitrogens with zero attached hydrogens (tertiary/aromatic N) is 1. The second-order valence-electron chi connectivity index (χ2n) is 2.15. The lowest BCUT2D eigenvalue weighted by Crippen LogP contribution is -1.94. The van der Waals surface area contributed by atoms with Crippen molar-refractivity contribution in [1.29, 1.82) is 0 Å². The third-order valence-corrected chi connectivity index (χ3v) is 1.31. The molecule has 2 N–H and O–H groups in total. The molecule has 0 saturated carbocycles. The summed E-state index contributed by atoms with van der Waals surface area (Å²) < 4.78 is 25.6. The number of pyridine rings is 1. The molecule has 64 valence electrons. The Balaban J connectivity index is 3.04. The van der Waals surface area contributed by atoms with Crippen LogP contribution in [0.25, 0.3) is 6.08 Å². The van der Waals surface area contributed by atoms with Gasteiger partial charge in [0.05, 0.1) is 12.4 Å². The van der Waals surface area contributed by atoms with Gasteiger partial charge in [-0.3, -0.25) is 4.98 Å². The van der Waals surface area contributed by atoms with Gasteiger partial charge in [-0.25, -0.2) is 8.78 Å². The highest BCUT2D eigenvalue weighted by Gasteiger charge is 2.04. The highest BCUT2D eigenvalue weighted by molar-refractivity contribution is 5.49. The molecule has 0 amide bonds. The van der Waals surface area contributed by atoms with Crippen molar-refractivity contribution in [2.75, 3.05) is 6.54 Å². The van der Waals surface area contributed by atoms with E-state index in [-0.39, 0.29) is 12.1 Å². The Morgan fingerprint density at radius 1 is 1.33 bits per heavy atom. The Labute approximate surface area is 68.7 Å².